The van der Waals surface area contributed by atoms with Gasteiger partial charge in [0.05, 0.1) is 5.56 Å². The number of nitrogens with zero attached hydrogens (tertiary/aromatic N) is 1. The number of benzene rings is 2. The highest BCUT2D eigenvalue weighted by atomic mass is 16.3. The molecule has 0 bridgehead atoms. The summed E-state index contributed by atoms with van der Waals surface area (Å²) >= 11 is 0. The molecule has 1 aliphatic heterocycles. The monoisotopic (exact) mass is 269 g/mol. The van der Waals surface area contributed by atoms with Crippen molar-refractivity contribution in [3.63, 3.8) is 0 Å². The Labute approximate surface area is 118 Å². The van der Waals surface area contributed by atoms with Crippen molar-refractivity contribution in [3.05, 3.63) is 42.0 Å². The number of amides is 1. The molecule has 1 saturated heterocycles. The average molecular weight is 269 g/mol. The predicted molar refractivity (Wildman–Crippen MR) is 80.0 cm³/mol. The second kappa shape index (κ2) is 5.16. The molecule has 1 aliphatic rings. The quantitative estimate of drug-likeness (QED) is 0.860. The van der Waals surface area contributed by atoms with Gasteiger partial charge in [0.15, 0.2) is 0 Å². The SMILES string of the molecule is C[C@@H]1CCCCN1C(=O)c1cc2ccccc2cc1O. The van der Waals surface area contributed by atoms with Gasteiger partial charge in [-0.2, -0.15) is 0 Å². The van der Waals surface area contributed by atoms with E-state index in [9.17, 15) is 9.90 Å². The van der Waals surface area contributed by atoms with Crippen molar-refractivity contribution in [3.8, 4) is 5.75 Å². The van der Waals surface area contributed by atoms with E-state index >= 15 is 0 Å². The first-order valence-corrected chi connectivity index (χ1v) is 7.19. The fourth-order valence-corrected chi connectivity index (χ4v) is 2.95. The van der Waals surface area contributed by atoms with Crippen molar-refractivity contribution in [1.29, 1.82) is 0 Å². The summed E-state index contributed by atoms with van der Waals surface area (Å²) in [6.45, 7) is 2.86. The Morgan fingerprint density at radius 2 is 1.90 bits per heavy atom. The third-order valence-corrected chi connectivity index (χ3v) is 4.16. The molecule has 0 radical (unpaired) electrons. The van der Waals surface area contributed by atoms with Crippen LogP contribution in [-0.4, -0.2) is 28.5 Å². The van der Waals surface area contributed by atoms with Gasteiger partial charge in [0.1, 0.15) is 5.75 Å². The zero-order chi connectivity index (χ0) is 14.1. The fraction of sp³-hybridized carbons (Fsp3) is 0.353. The van der Waals surface area contributed by atoms with Crippen LogP contribution in [-0.2, 0) is 0 Å². The first kappa shape index (κ1) is 13.0. The van der Waals surface area contributed by atoms with Crippen LogP contribution >= 0.6 is 0 Å². The molecule has 1 fully saturated rings. The molecule has 3 rings (SSSR count). The van der Waals surface area contributed by atoms with Gasteiger partial charge in [0.25, 0.3) is 5.91 Å². The van der Waals surface area contributed by atoms with Crippen LogP contribution in [0.4, 0.5) is 0 Å². The van der Waals surface area contributed by atoms with E-state index in [0.29, 0.717) is 5.56 Å². The standard InChI is InChI=1S/C17H19NO2/c1-12-6-4-5-9-18(12)17(20)15-10-13-7-2-3-8-14(13)11-16(15)19/h2-3,7-8,10-12,19H,4-6,9H2,1H3/t12-/m1/s1. The highest BCUT2D eigenvalue weighted by molar-refractivity contribution is 6.01. The number of likely N-dealkylation sites (tertiary alicyclic amines) is 1. The summed E-state index contributed by atoms with van der Waals surface area (Å²) in [6, 6.07) is 11.5. The average Bonchev–Trinajstić information content (AvgIpc) is 2.46. The lowest BCUT2D eigenvalue weighted by Gasteiger charge is -2.33. The van der Waals surface area contributed by atoms with Gasteiger partial charge in [0, 0.05) is 12.6 Å². The summed E-state index contributed by atoms with van der Waals surface area (Å²) < 4.78 is 0. The van der Waals surface area contributed by atoms with E-state index < -0.39 is 0 Å². The van der Waals surface area contributed by atoms with E-state index in [4.69, 9.17) is 0 Å². The normalized spacial score (nSPS) is 19.2. The number of phenols is 1. The molecule has 0 unspecified atom stereocenters. The summed E-state index contributed by atoms with van der Waals surface area (Å²) in [7, 11) is 0. The van der Waals surface area contributed by atoms with Gasteiger partial charge in [-0.15, -0.1) is 0 Å². The van der Waals surface area contributed by atoms with E-state index in [1.807, 2.05) is 29.2 Å². The molecule has 20 heavy (non-hydrogen) atoms. The molecule has 1 N–H and O–H groups in total. The second-order valence-electron chi connectivity index (χ2n) is 5.56. The Morgan fingerprint density at radius 3 is 2.60 bits per heavy atom. The molecule has 0 saturated carbocycles. The minimum atomic E-state index is -0.0551. The van der Waals surface area contributed by atoms with Gasteiger partial charge >= 0.3 is 0 Å². The molecule has 0 aliphatic carbocycles. The third-order valence-electron chi connectivity index (χ3n) is 4.16. The smallest absolute Gasteiger partial charge is 0.257 e. The van der Waals surface area contributed by atoms with Crippen LogP contribution in [0.5, 0.6) is 5.75 Å². The van der Waals surface area contributed by atoms with Gasteiger partial charge in [-0.05, 0) is 49.1 Å². The Morgan fingerprint density at radius 1 is 1.20 bits per heavy atom. The van der Waals surface area contributed by atoms with Crippen molar-refractivity contribution < 1.29 is 9.90 Å². The second-order valence-corrected chi connectivity index (χ2v) is 5.56. The zero-order valence-corrected chi connectivity index (χ0v) is 11.7. The number of rotatable bonds is 1. The fourth-order valence-electron chi connectivity index (χ4n) is 2.95. The number of carbonyl (C=O) groups excluding carboxylic acids is 1. The molecular weight excluding hydrogens is 250 g/mol. The van der Waals surface area contributed by atoms with Crippen LogP contribution in [0.3, 0.4) is 0 Å². The molecule has 1 amide bonds. The molecule has 0 aromatic heterocycles. The molecule has 3 nitrogen and oxygen atoms in total. The van der Waals surface area contributed by atoms with Gasteiger partial charge in [-0.3, -0.25) is 4.79 Å². The van der Waals surface area contributed by atoms with E-state index in [2.05, 4.69) is 6.92 Å². The molecule has 1 atom stereocenters. The number of carbonyl (C=O) groups is 1. The number of hydrogen-bond acceptors (Lipinski definition) is 2. The van der Waals surface area contributed by atoms with Crippen LogP contribution in [0.25, 0.3) is 10.8 Å². The van der Waals surface area contributed by atoms with Gasteiger partial charge in [-0.1, -0.05) is 24.3 Å². The van der Waals surface area contributed by atoms with Crippen LogP contribution in [0.1, 0.15) is 36.5 Å². The van der Waals surface area contributed by atoms with Crippen molar-refractivity contribution >= 4 is 16.7 Å². The van der Waals surface area contributed by atoms with Crippen LogP contribution in [0.15, 0.2) is 36.4 Å². The lowest BCUT2D eigenvalue weighted by Crippen LogP contribution is -2.42. The highest BCUT2D eigenvalue weighted by Crippen LogP contribution is 2.28. The molecular formula is C17H19NO2. The van der Waals surface area contributed by atoms with Crippen LogP contribution in [0.2, 0.25) is 0 Å². The molecule has 2 aromatic rings. The van der Waals surface area contributed by atoms with Crippen LogP contribution in [0, 0.1) is 0 Å². The maximum Gasteiger partial charge on any atom is 0.257 e. The summed E-state index contributed by atoms with van der Waals surface area (Å²) in [5, 5.41) is 12.1. The van der Waals surface area contributed by atoms with Crippen molar-refractivity contribution in [2.45, 2.75) is 32.2 Å². The van der Waals surface area contributed by atoms with Crippen molar-refractivity contribution in [2.75, 3.05) is 6.54 Å². The Balaban J connectivity index is 2.00. The van der Waals surface area contributed by atoms with Crippen molar-refractivity contribution in [1.82, 2.24) is 4.90 Å². The zero-order valence-electron chi connectivity index (χ0n) is 11.7. The molecule has 2 aromatic carbocycles. The van der Waals surface area contributed by atoms with E-state index in [0.717, 1.165) is 30.2 Å². The largest absolute Gasteiger partial charge is 0.507 e. The summed E-state index contributed by atoms with van der Waals surface area (Å²) in [4.78, 5) is 14.5. The minimum Gasteiger partial charge on any atom is -0.507 e. The van der Waals surface area contributed by atoms with Crippen LogP contribution < -0.4 is 0 Å². The van der Waals surface area contributed by atoms with E-state index in [-0.39, 0.29) is 17.7 Å². The Kier molecular flexibility index (Phi) is 3.35. The third kappa shape index (κ3) is 2.24. The number of phenolic OH excluding ortho intramolecular Hbond substituents is 1. The Bertz CT molecular complexity index is 650. The maximum atomic E-state index is 12.6. The first-order chi connectivity index (χ1) is 9.66. The molecule has 104 valence electrons. The Hall–Kier alpha value is -2.03. The lowest BCUT2D eigenvalue weighted by atomic mass is 10.0. The number of hydrogen-bond donors (Lipinski definition) is 1. The molecule has 0 spiro atoms. The van der Waals surface area contributed by atoms with Gasteiger partial charge < -0.3 is 10.0 Å². The highest BCUT2D eigenvalue weighted by Gasteiger charge is 2.26. The van der Waals surface area contributed by atoms with Gasteiger partial charge in [-0.25, -0.2) is 0 Å². The van der Waals surface area contributed by atoms with Crippen molar-refractivity contribution in [2.24, 2.45) is 0 Å². The number of piperidine rings is 1. The summed E-state index contributed by atoms with van der Waals surface area (Å²) in [5.74, 6) is 0.0203. The molecule has 1 heterocycles. The van der Waals surface area contributed by atoms with E-state index in [1.54, 1.807) is 12.1 Å². The van der Waals surface area contributed by atoms with E-state index in [1.165, 1.54) is 6.42 Å². The maximum absolute atomic E-state index is 12.6. The summed E-state index contributed by atoms with van der Waals surface area (Å²) in [6.07, 6.45) is 3.26. The minimum absolute atomic E-state index is 0.0551. The molecule has 3 heteroatoms. The number of fused-ring (bicyclic) bond motifs is 1. The number of aromatic hydroxyl groups is 1. The van der Waals surface area contributed by atoms with Gasteiger partial charge in [0.2, 0.25) is 0 Å². The predicted octanol–water partition coefficient (Wildman–Crippen LogP) is 3.56. The first-order valence-electron chi connectivity index (χ1n) is 7.19. The lowest BCUT2D eigenvalue weighted by molar-refractivity contribution is 0.0633. The summed E-state index contributed by atoms with van der Waals surface area (Å²) in [5.41, 5.74) is 0.414. The topological polar surface area (TPSA) is 40.5 Å².